The van der Waals surface area contributed by atoms with Crippen LogP contribution in [0.4, 0.5) is 0 Å². The van der Waals surface area contributed by atoms with Crippen LogP contribution in [0.15, 0.2) is 85.1 Å². The van der Waals surface area contributed by atoms with Crippen molar-refractivity contribution in [2.24, 2.45) is 0 Å². The second kappa shape index (κ2) is 7.40. The number of hydrogen-bond acceptors (Lipinski definition) is 2. The van der Waals surface area contributed by atoms with Crippen molar-refractivity contribution in [2.45, 2.75) is 12.5 Å². The van der Waals surface area contributed by atoms with Crippen molar-refractivity contribution < 1.29 is 4.79 Å². The summed E-state index contributed by atoms with van der Waals surface area (Å²) in [5.41, 5.74) is 5.44. The lowest BCUT2D eigenvalue weighted by molar-refractivity contribution is -0.128. The Balaban J connectivity index is 1.56. The number of aromatic nitrogens is 2. The van der Waals surface area contributed by atoms with Crippen LogP contribution in [0.1, 0.15) is 28.6 Å². The summed E-state index contributed by atoms with van der Waals surface area (Å²) in [7, 11) is 0. The highest BCUT2D eigenvalue weighted by molar-refractivity contribution is 5.93. The molecular weight excluding hydrogens is 358 g/mol. The lowest BCUT2D eigenvalue weighted by Gasteiger charge is -2.35. The van der Waals surface area contributed by atoms with Gasteiger partial charge in [0, 0.05) is 35.4 Å². The van der Waals surface area contributed by atoms with Crippen molar-refractivity contribution >= 4 is 22.9 Å². The van der Waals surface area contributed by atoms with Crippen molar-refractivity contribution in [1.29, 1.82) is 0 Å². The Labute approximate surface area is 169 Å². The van der Waals surface area contributed by atoms with Crippen LogP contribution >= 0.6 is 0 Å². The number of nitrogens with zero attached hydrogens (tertiary/aromatic N) is 2. The molecule has 1 unspecified atom stereocenters. The molecule has 4 nitrogen and oxygen atoms in total. The number of carbonyl (C=O) groups is 1. The summed E-state index contributed by atoms with van der Waals surface area (Å²) in [5, 5.41) is 1.25. The molecule has 4 heteroatoms. The van der Waals surface area contributed by atoms with Crippen LogP contribution in [0.2, 0.25) is 0 Å². The Morgan fingerprint density at radius 1 is 1.00 bits per heavy atom. The number of aromatic amines is 1. The number of rotatable bonds is 3. The summed E-state index contributed by atoms with van der Waals surface area (Å²) in [4.78, 5) is 23.0. The number of carbonyl (C=O) groups excluding carboxylic acids is 1. The lowest BCUT2D eigenvalue weighted by atomic mass is 9.92. The summed E-state index contributed by atoms with van der Waals surface area (Å²) in [6.07, 6.45) is 5.98. The molecule has 1 atom stereocenters. The zero-order valence-corrected chi connectivity index (χ0v) is 16.0. The molecule has 142 valence electrons. The standard InChI is InChI=1S/C25H21N3O/c29-23(14-13-19-10-6-7-16-26-19)28-17-15-21-20-11-4-5-12-22(20)27-24(21)25(28)18-8-2-1-3-9-18/h1-14,16,25,27H,15,17H2/b14-13+. The van der Waals surface area contributed by atoms with Gasteiger partial charge in [-0.05, 0) is 41.8 Å². The predicted molar refractivity (Wildman–Crippen MR) is 115 cm³/mol. The fourth-order valence-electron chi connectivity index (χ4n) is 4.19. The fraction of sp³-hybridized carbons (Fsp3) is 0.120. The Hall–Kier alpha value is -3.66. The predicted octanol–water partition coefficient (Wildman–Crippen LogP) is 4.75. The van der Waals surface area contributed by atoms with Crippen LogP contribution in [0, 0.1) is 0 Å². The van der Waals surface area contributed by atoms with Gasteiger partial charge in [-0.3, -0.25) is 9.78 Å². The number of pyridine rings is 1. The van der Waals surface area contributed by atoms with Crippen molar-refractivity contribution in [1.82, 2.24) is 14.9 Å². The summed E-state index contributed by atoms with van der Waals surface area (Å²) in [6, 6.07) is 24.2. The minimum absolute atomic E-state index is 0.00573. The third kappa shape index (κ3) is 3.23. The van der Waals surface area contributed by atoms with E-state index in [-0.39, 0.29) is 11.9 Å². The number of nitrogens with one attached hydrogen (secondary N) is 1. The van der Waals surface area contributed by atoms with Gasteiger partial charge in [0.25, 0.3) is 0 Å². The monoisotopic (exact) mass is 379 g/mol. The minimum atomic E-state index is -0.131. The van der Waals surface area contributed by atoms with Gasteiger partial charge >= 0.3 is 0 Å². The van der Waals surface area contributed by atoms with Crippen LogP contribution in [0.3, 0.4) is 0 Å². The number of amides is 1. The first kappa shape index (κ1) is 17.4. The molecule has 0 aliphatic carbocycles. The molecule has 1 aliphatic heterocycles. The number of H-pyrrole nitrogens is 1. The molecule has 5 rings (SSSR count). The molecule has 0 fully saturated rings. The highest BCUT2D eigenvalue weighted by atomic mass is 16.2. The van der Waals surface area contributed by atoms with Crippen molar-refractivity contribution in [3.8, 4) is 0 Å². The smallest absolute Gasteiger partial charge is 0.247 e. The number of hydrogen-bond donors (Lipinski definition) is 1. The van der Waals surface area contributed by atoms with E-state index in [1.165, 1.54) is 10.9 Å². The van der Waals surface area contributed by atoms with E-state index in [0.717, 1.165) is 28.9 Å². The minimum Gasteiger partial charge on any atom is -0.356 e. The quantitative estimate of drug-likeness (QED) is 0.522. The number of fused-ring (bicyclic) bond motifs is 3. The molecule has 3 heterocycles. The first-order valence-electron chi connectivity index (χ1n) is 9.85. The molecule has 0 radical (unpaired) electrons. The summed E-state index contributed by atoms with van der Waals surface area (Å²) in [5.74, 6) is -0.00573. The van der Waals surface area contributed by atoms with E-state index in [4.69, 9.17) is 0 Å². The molecule has 4 aromatic rings. The third-order valence-electron chi connectivity index (χ3n) is 5.52. The number of benzene rings is 2. The van der Waals surface area contributed by atoms with Crippen LogP contribution in [-0.4, -0.2) is 27.3 Å². The van der Waals surface area contributed by atoms with Crippen molar-refractivity contribution in [3.63, 3.8) is 0 Å². The SMILES string of the molecule is O=C(/C=C/c1ccccn1)N1CCc2c([nH]c3ccccc23)C1c1ccccc1. The van der Waals surface area contributed by atoms with E-state index in [0.29, 0.717) is 6.54 Å². The topological polar surface area (TPSA) is 49.0 Å². The van der Waals surface area contributed by atoms with Gasteiger partial charge in [-0.1, -0.05) is 54.6 Å². The second-order valence-electron chi connectivity index (χ2n) is 7.25. The van der Waals surface area contributed by atoms with E-state index in [2.05, 4.69) is 40.3 Å². The number of para-hydroxylation sites is 1. The third-order valence-corrected chi connectivity index (χ3v) is 5.52. The summed E-state index contributed by atoms with van der Waals surface area (Å²) < 4.78 is 0. The molecule has 0 saturated carbocycles. The maximum atomic E-state index is 13.2. The van der Waals surface area contributed by atoms with Gasteiger partial charge < -0.3 is 9.88 Å². The first-order chi connectivity index (χ1) is 14.3. The average Bonchev–Trinajstić information content (AvgIpc) is 3.17. The van der Waals surface area contributed by atoms with Crippen LogP contribution in [0.25, 0.3) is 17.0 Å². The van der Waals surface area contributed by atoms with E-state index < -0.39 is 0 Å². The van der Waals surface area contributed by atoms with Gasteiger partial charge in [-0.2, -0.15) is 0 Å². The van der Waals surface area contributed by atoms with Gasteiger partial charge in [0.2, 0.25) is 5.91 Å². The summed E-state index contributed by atoms with van der Waals surface area (Å²) in [6.45, 7) is 0.680. The largest absolute Gasteiger partial charge is 0.356 e. The Morgan fingerprint density at radius 3 is 2.62 bits per heavy atom. The Bertz CT molecular complexity index is 1180. The maximum absolute atomic E-state index is 13.2. The normalized spacial score (nSPS) is 16.3. The molecular formula is C25H21N3O. The fourth-order valence-corrected chi connectivity index (χ4v) is 4.19. The molecule has 2 aromatic carbocycles. The average molecular weight is 379 g/mol. The van der Waals surface area contributed by atoms with Gasteiger partial charge in [0.1, 0.15) is 0 Å². The van der Waals surface area contributed by atoms with E-state index in [1.807, 2.05) is 47.4 Å². The van der Waals surface area contributed by atoms with E-state index in [9.17, 15) is 4.79 Å². The van der Waals surface area contributed by atoms with E-state index in [1.54, 1.807) is 18.3 Å². The molecule has 0 saturated heterocycles. The molecule has 29 heavy (non-hydrogen) atoms. The molecule has 1 N–H and O–H groups in total. The van der Waals surface area contributed by atoms with Crippen LogP contribution in [0.5, 0.6) is 0 Å². The Kier molecular flexibility index (Phi) is 4.45. The van der Waals surface area contributed by atoms with Crippen LogP contribution < -0.4 is 0 Å². The Morgan fingerprint density at radius 2 is 1.79 bits per heavy atom. The lowest BCUT2D eigenvalue weighted by Crippen LogP contribution is -2.39. The van der Waals surface area contributed by atoms with Gasteiger partial charge in [0.15, 0.2) is 0 Å². The molecule has 1 amide bonds. The molecule has 2 aromatic heterocycles. The van der Waals surface area contributed by atoms with Crippen molar-refractivity contribution in [2.75, 3.05) is 6.54 Å². The first-order valence-corrected chi connectivity index (χ1v) is 9.85. The van der Waals surface area contributed by atoms with Gasteiger partial charge in [-0.15, -0.1) is 0 Å². The highest BCUT2D eigenvalue weighted by Gasteiger charge is 2.33. The van der Waals surface area contributed by atoms with E-state index >= 15 is 0 Å². The molecule has 0 spiro atoms. The molecule has 0 bridgehead atoms. The highest BCUT2D eigenvalue weighted by Crippen LogP contribution is 2.38. The zero-order chi connectivity index (χ0) is 19.6. The second-order valence-corrected chi connectivity index (χ2v) is 7.25. The summed E-state index contributed by atoms with van der Waals surface area (Å²) >= 11 is 0. The van der Waals surface area contributed by atoms with Crippen molar-refractivity contribution in [3.05, 3.63) is 108 Å². The van der Waals surface area contributed by atoms with Crippen LogP contribution in [-0.2, 0) is 11.2 Å². The molecule has 1 aliphatic rings. The van der Waals surface area contributed by atoms with Gasteiger partial charge in [-0.25, -0.2) is 0 Å². The van der Waals surface area contributed by atoms with Gasteiger partial charge in [0.05, 0.1) is 11.7 Å². The maximum Gasteiger partial charge on any atom is 0.247 e. The zero-order valence-electron chi connectivity index (χ0n) is 16.0.